The fraction of sp³-hybridized carbons (Fsp3) is 0.700. The second kappa shape index (κ2) is 3.21. The summed E-state index contributed by atoms with van der Waals surface area (Å²) in [5, 5.41) is 0. The SMILES string of the molecule is [2H]C([2H])([2H])/C(C)=C1/CC[C@@H](C)CC1=O. The van der Waals surface area contributed by atoms with E-state index in [9.17, 15) is 4.79 Å². The zero-order chi connectivity index (χ0) is 10.9. The Morgan fingerprint density at radius 2 is 2.45 bits per heavy atom. The Kier molecular flexibility index (Phi) is 1.49. The molecule has 1 saturated carbocycles. The molecule has 1 aliphatic carbocycles. The van der Waals surface area contributed by atoms with E-state index >= 15 is 0 Å². The molecule has 0 radical (unpaired) electrons. The van der Waals surface area contributed by atoms with Crippen molar-refractivity contribution in [1.82, 2.24) is 0 Å². The molecule has 1 fully saturated rings. The van der Waals surface area contributed by atoms with E-state index in [0.29, 0.717) is 24.3 Å². The molecule has 0 aromatic heterocycles. The molecule has 1 nitrogen and oxygen atoms in total. The molecule has 0 unspecified atom stereocenters. The quantitative estimate of drug-likeness (QED) is 0.491. The van der Waals surface area contributed by atoms with Crippen molar-refractivity contribution in [1.29, 1.82) is 0 Å². The summed E-state index contributed by atoms with van der Waals surface area (Å²) in [7, 11) is 0. The van der Waals surface area contributed by atoms with Crippen LogP contribution in [0.4, 0.5) is 0 Å². The number of ketones is 1. The van der Waals surface area contributed by atoms with Gasteiger partial charge in [0.1, 0.15) is 0 Å². The Hall–Kier alpha value is -0.590. The average Bonchev–Trinajstić information content (AvgIpc) is 2.01. The Morgan fingerprint density at radius 1 is 1.73 bits per heavy atom. The van der Waals surface area contributed by atoms with E-state index in [1.54, 1.807) is 6.92 Å². The van der Waals surface area contributed by atoms with Gasteiger partial charge in [-0.2, -0.15) is 0 Å². The third-order valence-electron chi connectivity index (χ3n) is 2.21. The van der Waals surface area contributed by atoms with E-state index in [0.717, 1.165) is 6.42 Å². The van der Waals surface area contributed by atoms with Gasteiger partial charge in [0.2, 0.25) is 0 Å². The van der Waals surface area contributed by atoms with Gasteiger partial charge in [-0.3, -0.25) is 4.79 Å². The van der Waals surface area contributed by atoms with Gasteiger partial charge in [0.15, 0.2) is 5.78 Å². The number of allylic oxidation sites excluding steroid dienone is 2. The number of hydrogen-bond donors (Lipinski definition) is 0. The van der Waals surface area contributed by atoms with Gasteiger partial charge in [-0.05, 0) is 38.1 Å². The molecule has 62 valence electrons. The second-order valence-electron chi connectivity index (χ2n) is 3.37. The van der Waals surface area contributed by atoms with Crippen molar-refractivity contribution in [3.63, 3.8) is 0 Å². The standard InChI is InChI=1S/C10H16O/c1-7(2)9-5-4-8(3)6-10(9)11/h8H,4-6H2,1-3H3/t8-/m1/s1/i1D3/b9-7+. The van der Waals surface area contributed by atoms with Crippen LogP contribution in [0.15, 0.2) is 11.1 Å². The molecule has 0 spiro atoms. The van der Waals surface area contributed by atoms with Crippen LogP contribution in [0, 0.1) is 5.92 Å². The summed E-state index contributed by atoms with van der Waals surface area (Å²) < 4.78 is 21.7. The first-order valence-electron chi connectivity index (χ1n) is 5.56. The maximum Gasteiger partial charge on any atom is 0.159 e. The molecule has 0 aromatic carbocycles. The molecule has 0 saturated heterocycles. The maximum absolute atomic E-state index is 11.6. The Bertz CT molecular complexity index is 276. The summed E-state index contributed by atoms with van der Waals surface area (Å²) in [6.07, 6.45) is 2.06. The number of Topliss-reactive ketones (excluding diaryl/α,β-unsaturated/α-hetero) is 1. The minimum absolute atomic E-state index is 0.0253. The first kappa shape index (κ1) is 5.13. The predicted molar refractivity (Wildman–Crippen MR) is 46.4 cm³/mol. The van der Waals surface area contributed by atoms with E-state index in [1.165, 1.54) is 0 Å². The third-order valence-corrected chi connectivity index (χ3v) is 2.21. The molecule has 0 bridgehead atoms. The fourth-order valence-corrected chi connectivity index (χ4v) is 1.47. The molecule has 0 amide bonds. The Labute approximate surface area is 72.7 Å². The van der Waals surface area contributed by atoms with Crippen LogP contribution in [0.25, 0.3) is 0 Å². The normalized spacial score (nSPS) is 35.6. The lowest BCUT2D eigenvalue weighted by Gasteiger charge is -2.19. The van der Waals surface area contributed by atoms with E-state index in [-0.39, 0.29) is 11.4 Å². The molecule has 11 heavy (non-hydrogen) atoms. The van der Waals surface area contributed by atoms with E-state index in [1.807, 2.05) is 6.92 Å². The van der Waals surface area contributed by atoms with Gasteiger partial charge in [0, 0.05) is 10.5 Å². The Balaban J connectivity index is 2.93. The number of hydrogen-bond acceptors (Lipinski definition) is 1. The zero-order valence-electron chi connectivity index (χ0n) is 10.1. The van der Waals surface area contributed by atoms with Crippen LogP contribution < -0.4 is 0 Å². The first-order chi connectivity index (χ1) is 6.32. The summed E-state index contributed by atoms with van der Waals surface area (Å²) in [6.45, 7) is 1.47. The van der Waals surface area contributed by atoms with Crippen molar-refractivity contribution in [3.05, 3.63) is 11.1 Å². The van der Waals surface area contributed by atoms with E-state index in [4.69, 9.17) is 4.11 Å². The van der Waals surface area contributed by atoms with Crippen molar-refractivity contribution in [3.8, 4) is 0 Å². The van der Waals surface area contributed by atoms with Gasteiger partial charge in [0.05, 0.1) is 0 Å². The molecule has 1 atom stereocenters. The molecule has 1 aliphatic rings. The molecule has 1 rings (SSSR count). The Morgan fingerprint density at radius 3 is 3.00 bits per heavy atom. The largest absolute Gasteiger partial charge is 0.295 e. The summed E-state index contributed by atoms with van der Waals surface area (Å²) in [4.78, 5) is 11.6. The van der Waals surface area contributed by atoms with Crippen molar-refractivity contribution in [2.24, 2.45) is 5.92 Å². The van der Waals surface area contributed by atoms with Crippen molar-refractivity contribution < 1.29 is 8.91 Å². The number of carbonyl (C=O) groups is 1. The smallest absolute Gasteiger partial charge is 0.159 e. The van der Waals surface area contributed by atoms with Gasteiger partial charge in [-0.25, -0.2) is 0 Å². The topological polar surface area (TPSA) is 17.1 Å². The number of carbonyl (C=O) groups excluding carboxylic acids is 1. The van der Waals surface area contributed by atoms with Crippen molar-refractivity contribution in [2.45, 2.75) is 40.0 Å². The molecule has 0 aliphatic heterocycles. The number of rotatable bonds is 0. The summed E-state index contributed by atoms with van der Waals surface area (Å²) in [6, 6.07) is 0. The summed E-state index contributed by atoms with van der Waals surface area (Å²) >= 11 is 0. The molecule has 0 heterocycles. The minimum Gasteiger partial charge on any atom is -0.295 e. The highest BCUT2D eigenvalue weighted by atomic mass is 16.1. The van der Waals surface area contributed by atoms with Crippen LogP contribution in [0.1, 0.15) is 44.1 Å². The average molecular weight is 155 g/mol. The summed E-state index contributed by atoms with van der Waals surface area (Å²) in [5.74, 6) is 0.424. The van der Waals surface area contributed by atoms with Crippen molar-refractivity contribution in [2.75, 3.05) is 0 Å². The highest BCUT2D eigenvalue weighted by Crippen LogP contribution is 2.26. The maximum atomic E-state index is 11.6. The van der Waals surface area contributed by atoms with Crippen LogP contribution in [-0.4, -0.2) is 5.78 Å². The highest BCUT2D eigenvalue weighted by molar-refractivity contribution is 5.96. The summed E-state index contributed by atoms with van der Waals surface area (Å²) in [5.41, 5.74) is 0.831. The van der Waals surface area contributed by atoms with E-state index in [2.05, 4.69) is 0 Å². The molecular weight excluding hydrogens is 136 g/mol. The lowest BCUT2D eigenvalue weighted by Crippen LogP contribution is -2.16. The molecule has 1 heteroatoms. The van der Waals surface area contributed by atoms with E-state index < -0.39 is 6.85 Å². The van der Waals surface area contributed by atoms with Gasteiger partial charge < -0.3 is 0 Å². The lowest BCUT2D eigenvalue weighted by atomic mass is 9.84. The van der Waals surface area contributed by atoms with Crippen LogP contribution >= 0.6 is 0 Å². The second-order valence-corrected chi connectivity index (χ2v) is 3.37. The molecular formula is C10H16O. The van der Waals surface area contributed by atoms with Gasteiger partial charge in [-0.1, -0.05) is 12.5 Å². The van der Waals surface area contributed by atoms with Gasteiger partial charge >= 0.3 is 0 Å². The lowest BCUT2D eigenvalue weighted by molar-refractivity contribution is -0.117. The van der Waals surface area contributed by atoms with Crippen LogP contribution in [0.3, 0.4) is 0 Å². The monoisotopic (exact) mass is 155 g/mol. The van der Waals surface area contributed by atoms with Crippen LogP contribution in [-0.2, 0) is 4.79 Å². The minimum atomic E-state index is -2.11. The fourth-order valence-electron chi connectivity index (χ4n) is 1.47. The van der Waals surface area contributed by atoms with Gasteiger partial charge in [0.25, 0.3) is 0 Å². The third kappa shape index (κ3) is 1.92. The highest BCUT2D eigenvalue weighted by Gasteiger charge is 2.20. The van der Waals surface area contributed by atoms with Crippen LogP contribution in [0.5, 0.6) is 0 Å². The van der Waals surface area contributed by atoms with Gasteiger partial charge in [-0.15, -0.1) is 0 Å². The predicted octanol–water partition coefficient (Wildman–Crippen LogP) is 2.71. The first-order valence-corrected chi connectivity index (χ1v) is 4.06. The molecule has 0 aromatic rings. The zero-order valence-corrected chi connectivity index (χ0v) is 7.11. The van der Waals surface area contributed by atoms with Crippen molar-refractivity contribution >= 4 is 5.78 Å². The van der Waals surface area contributed by atoms with Crippen LogP contribution in [0.2, 0.25) is 0 Å². The molecule has 0 N–H and O–H groups in total.